The van der Waals surface area contributed by atoms with E-state index in [-0.39, 0.29) is 12.6 Å². The van der Waals surface area contributed by atoms with Crippen molar-refractivity contribution in [2.24, 2.45) is 0 Å². The molecule has 1 aromatic rings. The fourth-order valence-electron chi connectivity index (χ4n) is 2.45. The van der Waals surface area contributed by atoms with E-state index in [1.165, 1.54) is 0 Å². The Bertz CT molecular complexity index is 433. The molecular formula is C15H23N3O2. The maximum atomic E-state index is 12.3. The van der Waals surface area contributed by atoms with Gasteiger partial charge in [0.2, 0.25) is 0 Å². The minimum absolute atomic E-state index is 0.0805. The third-order valence-corrected chi connectivity index (χ3v) is 3.64. The number of nitrogens with two attached hydrogens (primary N) is 1. The van der Waals surface area contributed by atoms with Gasteiger partial charge in [-0.25, -0.2) is 4.79 Å². The van der Waals surface area contributed by atoms with Crippen LogP contribution in [0.2, 0.25) is 0 Å². The van der Waals surface area contributed by atoms with Gasteiger partial charge < -0.3 is 15.7 Å². The number of urea groups is 1. The monoisotopic (exact) mass is 277 g/mol. The number of aliphatic hydroxyl groups is 1. The second kappa shape index (κ2) is 7.14. The molecular weight excluding hydrogens is 254 g/mol. The first-order valence-electron chi connectivity index (χ1n) is 7.25. The van der Waals surface area contributed by atoms with E-state index in [0.717, 1.165) is 51.0 Å². The minimum atomic E-state index is 0.0805. The van der Waals surface area contributed by atoms with Crippen LogP contribution in [-0.4, -0.2) is 42.3 Å². The minimum Gasteiger partial charge on any atom is -0.399 e. The number of aliphatic hydroxyl groups excluding tert-OH is 1. The van der Waals surface area contributed by atoms with Crippen LogP contribution in [0.15, 0.2) is 24.3 Å². The molecule has 0 saturated carbocycles. The molecule has 1 fully saturated rings. The maximum Gasteiger partial charge on any atom is 0.324 e. The van der Waals surface area contributed by atoms with Crippen LogP contribution in [-0.2, 0) is 0 Å². The summed E-state index contributed by atoms with van der Waals surface area (Å²) in [6.45, 7) is 2.58. The van der Waals surface area contributed by atoms with Gasteiger partial charge in [-0.2, -0.15) is 0 Å². The molecule has 5 heteroatoms. The van der Waals surface area contributed by atoms with Crippen LogP contribution in [0.1, 0.15) is 25.7 Å². The summed E-state index contributed by atoms with van der Waals surface area (Å²) in [6.07, 6.45) is 3.94. The van der Waals surface area contributed by atoms with Crippen LogP contribution in [0.4, 0.5) is 16.2 Å². The van der Waals surface area contributed by atoms with Crippen molar-refractivity contribution < 1.29 is 9.90 Å². The Labute approximate surface area is 120 Å². The smallest absolute Gasteiger partial charge is 0.324 e. The van der Waals surface area contributed by atoms with Gasteiger partial charge in [-0.3, -0.25) is 4.90 Å². The molecule has 110 valence electrons. The molecule has 0 aromatic heterocycles. The summed E-state index contributed by atoms with van der Waals surface area (Å²) in [7, 11) is 0. The number of nitrogens with zero attached hydrogens (tertiary/aromatic N) is 2. The van der Waals surface area contributed by atoms with E-state index >= 15 is 0 Å². The molecule has 5 nitrogen and oxygen atoms in total. The first kappa shape index (κ1) is 14.7. The average molecular weight is 277 g/mol. The van der Waals surface area contributed by atoms with Gasteiger partial charge in [0.15, 0.2) is 0 Å². The average Bonchev–Trinajstić information content (AvgIpc) is 2.81. The summed E-state index contributed by atoms with van der Waals surface area (Å²) in [5.74, 6) is 0. The molecule has 3 N–H and O–H groups in total. The van der Waals surface area contributed by atoms with Gasteiger partial charge in [-0.05, 0) is 37.1 Å². The van der Waals surface area contributed by atoms with Crippen molar-refractivity contribution in [2.75, 3.05) is 36.9 Å². The van der Waals surface area contributed by atoms with Gasteiger partial charge in [-0.1, -0.05) is 12.8 Å². The number of hydrogen-bond donors (Lipinski definition) is 2. The van der Waals surface area contributed by atoms with Gasteiger partial charge in [0.05, 0.1) is 0 Å². The van der Waals surface area contributed by atoms with Crippen LogP contribution in [0.25, 0.3) is 0 Å². The number of anilines is 2. The van der Waals surface area contributed by atoms with Crippen molar-refractivity contribution >= 4 is 17.4 Å². The molecule has 0 radical (unpaired) electrons. The quantitative estimate of drug-likeness (QED) is 0.592. The topological polar surface area (TPSA) is 69.8 Å². The second-order valence-corrected chi connectivity index (χ2v) is 5.15. The van der Waals surface area contributed by atoms with Crippen LogP contribution in [0, 0.1) is 0 Å². The van der Waals surface area contributed by atoms with Gasteiger partial charge in [-0.15, -0.1) is 0 Å². The van der Waals surface area contributed by atoms with E-state index in [1.54, 1.807) is 4.90 Å². The van der Waals surface area contributed by atoms with Crippen molar-refractivity contribution in [1.82, 2.24) is 4.90 Å². The molecule has 2 amide bonds. The number of carbonyl (C=O) groups excluding carboxylic acids is 1. The van der Waals surface area contributed by atoms with Gasteiger partial charge >= 0.3 is 6.03 Å². The van der Waals surface area contributed by atoms with Crippen LogP contribution in [0.5, 0.6) is 0 Å². The van der Waals surface area contributed by atoms with Crippen molar-refractivity contribution in [3.05, 3.63) is 24.3 Å². The third-order valence-electron chi connectivity index (χ3n) is 3.64. The maximum absolute atomic E-state index is 12.3. The Hall–Kier alpha value is -1.75. The Morgan fingerprint density at radius 1 is 1.05 bits per heavy atom. The molecule has 0 spiro atoms. The summed E-state index contributed by atoms with van der Waals surface area (Å²) in [6, 6.07) is 7.49. The first-order valence-corrected chi connectivity index (χ1v) is 7.25. The zero-order valence-corrected chi connectivity index (χ0v) is 11.8. The predicted molar refractivity (Wildman–Crippen MR) is 80.7 cm³/mol. The summed E-state index contributed by atoms with van der Waals surface area (Å²) in [4.78, 5) is 16.0. The normalized spacial score (nSPS) is 15.2. The lowest BCUT2D eigenvalue weighted by molar-refractivity contribution is 0.219. The van der Waals surface area contributed by atoms with E-state index in [1.807, 2.05) is 29.2 Å². The van der Waals surface area contributed by atoms with E-state index in [0.29, 0.717) is 5.69 Å². The molecule has 1 heterocycles. The molecule has 2 rings (SSSR count). The van der Waals surface area contributed by atoms with Crippen LogP contribution in [0.3, 0.4) is 0 Å². The number of hydrogen-bond acceptors (Lipinski definition) is 3. The van der Waals surface area contributed by atoms with Crippen molar-refractivity contribution in [3.8, 4) is 0 Å². The molecule has 1 aromatic carbocycles. The standard InChI is InChI=1S/C15H23N3O2/c16-13-5-7-14(8-6-13)18-11-10-17(15(18)20)9-3-1-2-4-12-19/h5-8,19H,1-4,9-12,16H2. The molecule has 20 heavy (non-hydrogen) atoms. The fourth-order valence-corrected chi connectivity index (χ4v) is 2.45. The first-order chi connectivity index (χ1) is 9.72. The molecule has 0 aliphatic carbocycles. The number of amides is 2. The molecule has 1 aliphatic rings. The third kappa shape index (κ3) is 3.63. The number of benzene rings is 1. The highest BCUT2D eigenvalue weighted by atomic mass is 16.2. The van der Waals surface area contributed by atoms with Crippen molar-refractivity contribution in [2.45, 2.75) is 25.7 Å². The summed E-state index contributed by atoms with van der Waals surface area (Å²) in [5, 5.41) is 8.72. The fraction of sp³-hybridized carbons (Fsp3) is 0.533. The van der Waals surface area contributed by atoms with E-state index in [9.17, 15) is 4.79 Å². The van der Waals surface area contributed by atoms with Gasteiger partial charge in [0.1, 0.15) is 0 Å². The Kier molecular flexibility index (Phi) is 5.24. The summed E-state index contributed by atoms with van der Waals surface area (Å²) >= 11 is 0. The Morgan fingerprint density at radius 3 is 2.45 bits per heavy atom. The highest BCUT2D eigenvalue weighted by molar-refractivity contribution is 5.94. The molecule has 1 aliphatic heterocycles. The Morgan fingerprint density at radius 2 is 1.75 bits per heavy atom. The highest BCUT2D eigenvalue weighted by Crippen LogP contribution is 2.21. The SMILES string of the molecule is Nc1ccc(N2CCN(CCCCCCO)C2=O)cc1. The molecule has 1 saturated heterocycles. The zero-order chi connectivity index (χ0) is 14.4. The highest BCUT2D eigenvalue weighted by Gasteiger charge is 2.28. The van der Waals surface area contributed by atoms with Crippen molar-refractivity contribution in [3.63, 3.8) is 0 Å². The number of carbonyl (C=O) groups is 1. The van der Waals surface area contributed by atoms with E-state index < -0.39 is 0 Å². The van der Waals surface area contributed by atoms with Gasteiger partial charge in [0.25, 0.3) is 0 Å². The second-order valence-electron chi connectivity index (χ2n) is 5.15. The zero-order valence-electron chi connectivity index (χ0n) is 11.8. The number of unbranched alkanes of at least 4 members (excludes halogenated alkanes) is 3. The Balaban J connectivity index is 1.81. The lowest BCUT2D eigenvalue weighted by Gasteiger charge is -2.18. The lowest BCUT2D eigenvalue weighted by Crippen LogP contribution is -2.32. The van der Waals surface area contributed by atoms with Crippen LogP contribution >= 0.6 is 0 Å². The molecule has 0 bridgehead atoms. The van der Waals surface area contributed by atoms with E-state index in [4.69, 9.17) is 10.8 Å². The predicted octanol–water partition coefficient (Wildman–Crippen LogP) is 2.06. The van der Waals surface area contributed by atoms with Crippen molar-refractivity contribution in [1.29, 1.82) is 0 Å². The van der Waals surface area contributed by atoms with E-state index in [2.05, 4.69) is 0 Å². The lowest BCUT2D eigenvalue weighted by atomic mass is 10.2. The van der Waals surface area contributed by atoms with Gasteiger partial charge in [0, 0.05) is 37.6 Å². The molecule has 0 unspecified atom stereocenters. The summed E-state index contributed by atoms with van der Waals surface area (Å²) in [5.41, 5.74) is 7.28. The van der Waals surface area contributed by atoms with Crippen LogP contribution < -0.4 is 10.6 Å². The summed E-state index contributed by atoms with van der Waals surface area (Å²) < 4.78 is 0. The molecule has 0 atom stereocenters. The largest absolute Gasteiger partial charge is 0.399 e. The number of rotatable bonds is 7. The number of nitrogen functional groups attached to an aromatic ring is 1.